The van der Waals surface area contributed by atoms with Crippen molar-refractivity contribution in [3.05, 3.63) is 35.3 Å². The average Bonchev–Trinajstić information content (AvgIpc) is 3.07. The Bertz CT molecular complexity index is 653. The highest BCUT2D eigenvalue weighted by Gasteiger charge is 2.29. The summed E-state index contributed by atoms with van der Waals surface area (Å²) in [4.78, 5) is 18.1. The first-order valence-corrected chi connectivity index (χ1v) is 8.00. The minimum Gasteiger partial charge on any atom is -0.273 e. The van der Waals surface area contributed by atoms with Crippen LogP contribution in [0, 0.1) is 0 Å². The van der Waals surface area contributed by atoms with Crippen LogP contribution in [0.1, 0.15) is 11.9 Å². The van der Waals surface area contributed by atoms with E-state index in [1.165, 1.54) is 23.1 Å². The molecule has 0 aliphatic carbocycles. The molecule has 2 heterocycles. The standard InChI is InChI=1S/C13H12N4OS2/c1-2-10-15-16-12(20-10)14-13-17(11(18)8-19-13)9-6-4-3-5-7-9/h3-7H,2,8H2,1H3/b14-13-. The summed E-state index contributed by atoms with van der Waals surface area (Å²) in [7, 11) is 0. The molecule has 3 rings (SSSR count). The summed E-state index contributed by atoms with van der Waals surface area (Å²) in [6, 6.07) is 9.53. The maximum absolute atomic E-state index is 12.0. The Morgan fingerprint density at radius 1 is 1.30 bits per heavy atom. The molecular formula is C13H12N4OS2. The summed E-state index contributed by atoms with van der Waals surface area (Å²) < 4.78 is 0. The number of hydrogen-bond donors (Lipinski definition) is 0. The first-order valence-electron chi connectivity index (χ1n) is 6.20. The second-order valence-corrected chi connectivity index (χ2v) is 6.06. The number of carbonyl (C=O) groups is 1. The van der Waals surface area contributed by atoms with Gasteiger partial charge in [0, 0.05) is 0 Å². The van der Waals surface area contributed by atoms with Gasteiger partial charge in [0.1, 0.15) is 5.01 Å². The van der Waals surface area contributed by atoms with Gasteiger partial charge >= 0.3 is 0 Å². The SMILES string of the molecule is CCc1nnc(/N=C2\SCC(=O)N2c2ccccc2)s1. The van der Waals surface area contributed by atoms with Crippen LogP contribution >= 0.6 is 23.1 Å². The highest BCUT2D eigenvalue weighted by atomic mass is 32.2. The van der Waals surface area contributed by atoms with Crippen molar-refractivity contribution in [1.29, 1.82) is 0 Å². The fourth-order valence-electron chi connectivity index (χ4n) is 1.79. The topological polar surface area (TPSA) is 58.5 Å². The van der Waals surface area contributed by atoms with E-state index in [9.17, 15) is 4.79 Å². The highest BCUT2D eigenvalue weighted by Crippen LogP contribution is 2.29. The van der Waals surface area contributed by atoms with Crippen LogP contribution in [0.3, 0.4) is 0 Å². The van der Waals surface area contributed by atoms with E-state index in [2.05, 4.69) is 15.2 Å². The molecule has 1 amide bonds. The van der Waals surface area contributed by atoms with E-state index in [1.807, 2.05) is 37.3 Å². The summed E-state index contributed by atoms with van der Waals surface area (Å²) in [6.07, 6.45) is 0.844. The van der Waals surface area contributed by atoms with Crippen LogP contribution in [-0.2, 0) is 11.2 Å². The smallest absolute Gasteiger partial charge is 0.243 e. The quantitative estimate of drug-likeness (QED) is 0.875. The summed E-state index contributed by atoms with van der Waals surface area (Å²) in [5.41, 5.74) is 0.835. The minimum atomic E-state index is 0.0418. The van der Waals surface area contributed by atoms with Gasteiger partial charge in [0.25, 0.3) is 0 Å². The maximum atomic E-state index is 12.0. The Morgan fingerprint density at radius 3 is 2.80 bits per heavy atom. The fraction of sp³-hybridized carbons (Fsp3) is 0.231. The molecule has 1 aromatic carbocycles. The molecule has 0 unspecified atom stereocenters. The third kappa shape index (κ3) is 2.59. The van der Waals surface area contributed by atoms with Crippen molar-refractivity contribution in [3.63, 3.8) is 0 Å². The Balaban J connectivity index is 1.93. The molecule has 0 radical (unpaired) electrons. The van der Waals surface area contributed by atoms with Gasteiger partial charge in [-0.05, 0) is 18.6 Å². The molecule has 1 aliphatic rings. The molecule has 5 nitrogen and oxygen atoms in total. The largest absolute Gasteiger partial charge is 0.273 e. The van der Waals surface area contributed by atoms with Crippen molar-refractivity contribution in [2.24, 2.45) is 4.99 Å². The number of aliphatic imine (C=N–C) groups is 1. The lowest BCUT2D eigenvalue weighted by Gasteiger charge is -2.15. The van der Waals surface area contributed by atoms with E-state index in [4.69, 9.17) is 0 Å². The third-order valence-electron chi connectivity index (χ3n) is 2.73. The van der Waals surface area contributed by atoms with Crippen LogP contribution in [0.5, 0.6) is 0 Å². The van der Waals surface area contributed by atoms with Crippen LogP contribution in [0.2, 0.25) is 0 Å². The van der Waals surface area contributed by atoms with E-state index >= 15 is 0 Å². The first kappa shape index (κ1) is 13.3. The number of aromatic nitrogens is 2. The second kappa shape index (κ2) is 5.72. The number of amidine groups is 1. The third-order valence-corrected chi connectivity index (χ3v) is 4.61. The summed E-state index contributed by atoms with van der Waals surface area (Å²) >= 11 is 2.89. The molecule has 20 heavy (non-hydrogen) atoms. The normalized spacial score (nSPS) is 17.1. The summed E-state index contributed by atoms with van der Waals surface area (Å²) in [6.45, 7) is 2.03. The lowest BCUT2D eigenvalue weighted by atomic mass is 10.3. The zero-order chi connectivity index (χ0) is 13.9. The second-order valence-electron chi connectivity index (χ2n) is 4.08. The molecule has 102 valence electrons. The molecule has 2 aromatic rings. The molecule has 1 saturated heterocycles. The van der Waals surface area contributed by atoms with Crippen molar-refractivity contribution in [3.8, 4) is 0 Å². The molecule has 1 fully saturated rings. The minimum absolute atomic E-state index is 0.0418. The zero-order valence-electron chi connectivity index (χ0n) is 10.8. The number of thioether (sulfide) groups is 1. The number of carbonyl (C=O) groups excluding carboxylic acids is 1. The van der Waals surface area contributed by atoms with Crippen molar-refractivity contribution in [1.82, 2.24) is 10.2 Å². The van der Waals surface area contributed by atoms with Crippen molar-refractivity contribution in [2.75, 3.05) is 10.7 Å². The predicted octanol–water partition coefficient (Wildman–Crippen LogP) is 2.87. The number of nitrogens with zero attached hydrogens (tertiary/aromatic N) is 4. The zero-order valence-corrected chi connectivity index (χ0v) is 12.4. The van der Waals surface area contributed by atoms with Crippen LogP contribution in [0.15, 0.2) is 35.3 Å². The lowest BCUT2D eigenvalue weighted by molar-refractivity contribution is -0.115. The van der Waals surface area contributed by atoms with Crippen molar-refractivity contribution < 1.29 is 4.79 Å². The Kier molecular flexibility index (Phi) is 3.79. The molecule has 7 heteroatoms. The summed E-state index contributed by atoms with van der Waals surface area (Å²) in [5, 5.41) is 10.3. The van der Waals surface area contributed by atoms with Gasteiger partial charge in [-0.15, -0.1) is 10.2 Å². The maximum Gasteiger partial charge on any atom is 0.243 e. The predicted molar refractivity (Wildman–Crippen MR) is 82.8 cm³/mol. The average molecular weight is 304 g/mol. The van der Waals surface area contributed by atoms with Crippen LogP contribution in [0.25, 0.3) is 0 Å². The van der Waals surface area contributed by atoms with Gasteiger partial charge in [0.2, 0.25) is 11.0 Å². The Morgan fingerprint density at radius 2 is 2.10 bits per heavy atom. The first-order chi connectivity index (χ1) is 9.78. The molecule has 0 spiro atoms. The van der Waals surface area contributed by atoms with Crippen LogP contribution in [-0.4, -0.2) is 27.0 Å². The van der Waals surface area contributed by atoms with Gasteiger partial charge in [-0.2, -0.15) is 4.99 Å². The molecule has 0 saturated carbocycles. The van der Waals surface area contributed by atoms with E-state index in [1.54, 1.807) is 4.90 Å². The number of aryl methyl sites for hydroxylation is 1. The van der Waals surface area contributed by atoms with Gasteiger partial charge < -0.3 is 0 Å². The Hall–Kier alpha value is -1.73. The number of para-hydroxylation sites is 1. The number of hydrogen-bond acceptors (Lipinski definition) is 6. The van der Waals surface area contributed by atoms with E-state index < -0.39 is 0 Å². The number of rotatable bonds is 3. The van der Waals surface area contributed by atoms with Crippen molar-refractivity contribution >= 4 is 45.0 Å². The summed E-state index contributed by atoms with van der Waals surface area (Å²) in [5.74, 6) is 0.452. The fourth-order valence-corrected chi connectivity index (χ4v) is 3.37. The number of anilines is 1. The number of benzene rings is 1. The lowest BCUT2D eigenvalue weighted by Crippen LogP contribution is -2.28. The van der Waals surface area contributed by atoms with Crippen molar-refractivity contribution in [2.45, 2.75) is 13.3 Å². The van der Waals surface area contributed by atoms with Gasteiger partial charge in [0.05, 0.1) is 11.4 Å². The molecular weight excluding hydrogens is 292 g/mol. The molecule has 0 bridgehead atoms. The number of amides is 1. The molecule has 1 aliphatic heterocycles. The molecule has 0 atom stereocenters. The molecule has 0 N–H and O–H groups in total. The van der Waals surface area contributed by atoms with Gasteiger partial charge in [0.15, 0.2) is 5.17 Å². The molecule has 1 aromatic heterocycles. The monoisotopic (exact) mass is 304 g/mol. The highest BCUT2D eigenvalue weighted by molar-refractivity contribution is 8.15. The van der Waals surface area contributed by atoms with Gasteiger partial charge in [-0.3, -0.25) is 9.69 Å². The van der Waals surface area contributed by atoms with E-state index in [0.717, 1.165) is 17.1 Å². The Labute approximate surface area is 124 Å². The van der Waals surface area contributed by atoms with Crippen LogP contribution < -0.4 is 4.90 Å². The van der Waals surface area contributed by atoms with Gasteiger partial charge in [-0.25, -0.2) is 0 Å². The van der Waals surface area contributed by atoms with Crippen LogP contribution in [0.4, 0.5) is 10.8 Å². The van der Waals surface area contributed by atoms with Gasteiger partial charge in [-0.1, -0.05) is 48.2 Å². The van der Waals surface area contributed by atoms with E-state index in [0.29, 0.717) is 16.1 Å². The van der Waals surface area contributed by atoms with E-state index in [-0.39, 0.29) is 5.91 Å².